The van der Waals surface area contributed by atoms with Gasteiger partial charge in [0.2, 0.25) is 9.76 Å². The van der Waals surface area contributed by atoms with E-state index in [-0.39, 0.29) is 0 Å². The molecule has 134 valence electrons. The van der Waals surface area contributed by atoms with E-state index in [0.29, 0.717) is 0 Å². The van der Waals surface area contributed by atoms with Crippen LogP contribution in [0.25, 0.3) is 0 Å². The highest BCUT2D eigenvalue weighted by Crippen LogP contribution is 2.19. The fraction of sp³-hybridized carbons (Fsp3) is 0.375. The summed E-state index contributed by atoms with van der Waals surface area (Å²) in [6.07, 6.45) is 1.94. The van der Waals surface area contributed by atoms with E-state index in [2.05, 4.69) is 51.3 Å². The van der Waals surface area contributed by atoms with Gasteiger partial charge in [0.05, 0.1) is 0 Å². The Hall–Kier alpha value is -0.592. The van der Waals surface area contributed by atoms with Gasteiger partial charge in [-0.05, 0) is 51.3 Å². The second kappa shape index (κ2) is 10.4. The summed E-state index contributed by atoms with van der Waals surface area (Å²) in [6.45, 7) is 12.5. The van der Waals surface area contributed by atoms with Gasteiger partial charge in [-0.25, -0.2) is 4.58 Å². The largest absolute Gasteiger partial charge is 0.535 e. The van der Waals surface area contributed by atoms with Gasteiger partial charge in [0, 0.05) is 0 Å². The number of hydrogen-bond acceptors (Lipinski definition) is 4. The van der Waals surface area contributed by atoms with Gasteiger partial charge in [0.25, 0.3) is 0 Å². The fourth-order valence-corrected chi connectivity index (χ4v) is 10.8. The summed E-state index contributed by atoms with van der Waals surface area (Å²) in [5.74, 6) is 0. The van der Waals surface area contributed by atoms with E-state index in [4.69, 9.17) is 17.4 Å². The van der Waals surface area contributed by atoms with Crippen LogP contribution in [-0.2, 0) is 17.4 Å². The Bertz CT molecular complexity index is 539. The second-order valence-corrected chi connectivity index (χ2v) is 16.7. The molecule has 0 fully saturated rings. The summed E-state index contributed by atoms with van der Waals surface area (Å²) in [4.78, 5) is 0. The third-order valence-electron chi connectivity index (χ3n) is 2.84. The summed E-state index contributed by atoms with van der Waals surface area (Å²) >= 11 is 0. The fourth-order valence-electron chi connectivity index (χ4n) is 1.89. The van der Waals surface area contributed by atoms with E-state index in [0.717, 1.165) is 0 Å². The van der Waals surface area contributed by atoms with Crippen LogP contribution < -0.4 is 5.19 Å². The lowest BCUT2D eigenvalue weighted by molar-refractivity contribution is -0.141. The van der Waals surface area contributed by atoms with Crippen molar-refractivity contribution in [1.29, 1.82) is 0 Å². The molecule has 0 N–H and O–H groups in total. The molecule has 0 bridgehead atoms. The van der Waals surface area contributed by atoms with Crippen molar-refractivity contribution in [2.75, 3.05) is 0 Å². The lowest BCUT2D eigenvalue weighted by atomic mass is 10.4. The first-order valence-electron chi connectivity index (χ1n) is 8.22. The summed E-state index contributed by atoms with van der Waals surface area (Å²) in [5.41, 5.74) is 5.30. The molecule has 1 unspecified atom stereocenters. The molecule has 0 aliphatic heterocycles. The zero-order valence-corrected chi connectivity index (χ0v) is 20.5. The molecule has 0 radical (unpaired) electrons. The van der Waals surface area contributed by atoms with E-state index >= 15 is 0 Å². The zero-order valence-electron chi connectivity index (χ0n) is 15.7. The van der Waals surface area contributed by atoms with Crippen molar-refractivity contribution in [3.05, 3.63) is 53.4 Å². The van der Waals surface area contributed by atoms with Crippen molar-refractivity contribution >= 4 is 41.8 Å². The number of allylic oxidation sites excluding steroid dienone is 2. The quantitative estimate of drug-likeness (QED) is 0.262. The Balaban J connectivity index is 2.86. The molecule has 0 spiro atoms. The Morgan fingerprint density at radius 3 is 2.29 bits per heavy atom. The summed E-state index contributed by atoms with van der Waals surface area (Å²) in [7, 11) is -6.64. The molecule has 0 saturated carbocycles. The molecule has 1 atom stereocenters. The maximum atomic E-state index is 6.35. The van der Waals surface area contributed by atoms with Gasteiger partial charge >= 0.3 is 8.80 Å². The molecular formula is C16H30O4Si4. The minimum Gasteiger partial charge on any atom is -0.413 e. The van der Waals surface area contributed by atoms with Crippen LogP contribution in [0.4, 0.5) is 0 Å². The molecule has 8 heteroatoms. The molecular weight excluding hydrogens is 369 g/mol. The Kier molecular flexibility index (Phi) is 9.30. The van der Waals surface area contributed by atoms with Gasteiger partial charge in [-0.3, -0.25) is 4.58 Å². The van der Waals surface area contributed by atoms with Crippen molar-refractivity contribution in [2.24, 2.45) is 0 Å². The molecule has 1 aromatic carbocycles. The van der Waals surface area contributed by atoms with Crippen molar-refractivity contribution < 1.29 is 17.4 Å². The smallest absolute Gasteiger partial charge is 0.413 e. The van der Waals surface area contributed by atoms with Gasteiger partial charge in [0.1, 0.15) is 0 Å². The molecule has 0 saturated heterocycles. The minimum absolute atomic E-state index is 0.878. The molecule has 0 amide bonds. The zero-order chi connectivity index (χ0) is 18.1. The Morgan fingerprint density at radius 1 is 1.08 bits per heavy atom. The number of benzene rings is 1. The van der Waals surface area contributed by atoms with Crippen molar-refractivity contribution in [1.82, 2.24) is 0 Å². The average Bonchev–Trinajstić information content (AvgIpc) is 2.49. The van der Waals surface area contributed by atoms with Crippen LogP contribution in [0, 0.1) is 0 Å². The van der Waals surface area contributed by atoms with Gasteiger partial charge in [-0.2, -0.15) is 0 Å². The number of rotatable bonds is 10. The number of hydrogen-bond donors (Lipinski definition) is 0. The van der Waals surface area contributed by atoms with Crippen molar-refractivity contribution in [3.63, 3.8) is 0 Å². The van der Waals surface area contributed by atoms with Crippen molar-refractivity contribution in [2.45, 2.75) is 40.4 Å². The maximum Gasteiger partial charge on any atom is 0.535 e. The first kappa shape index (κ1) is 21.5. The third kappa shape index (κ3) is 9.04. The van der Waals surface area contributed by atoms with Gasteiger partial charge in [0.15, 0.2) is 18.1 Å². The highest BCUT2D eigenvalue weighted by molar-refractivity contribution is 6.84. The highest BCUT2D eigenvalue weighted by Gasteiger charge is 2.43. The van der Waals surface area contributed by atoms with Crippen LogP contribution in [-0.4, -0.2) is 36.6 Å². The van der Waals surface area contributed by atoms with Crippen LogP contribution in [0.1, 0.15) is 20.8 Å². The van der Waals surface area contributed by atoms with Crippen LogP contribution in [0.15, 0.2) is 53.4 Å². The summed E-state index contributed by atoms with van der Waals surface area (Å²) in [6, 6.07) is 10.3. The standard InChI is InChI=1S/C16H30O4Si4/c1-7-13-24(20-23(4,5)6,18-17-21-14-15(2)3)19-22-16-11-9-8-10-12-16/h7-14H,21-22H2,1-6H3. The maximum absolute atomic E-state index is 6.35. The summed E-state index contributed by atoms with van der Waals surface area (Å²) in [5, 5.41) is 1.23. The van der Waals surface area contributed by atoms with Gasteiger partial charge in [-0.1, -0.05) is 47.7 Å². The lowest BCUT2D eigenvalue weighted by Gasteiger charge is -2.32. The van der Waals surface area contributed by atoms with Crippen molar-refractivity contribution in [3.8, 4) is 0 Å². The van der Waals surface area contributed by atoms with E-state index in [1.165, 1.54) is 10.8 Å². The second-order valence-electron chi connectivity index (χ2n) is 6.74. The molecule has 24 heavy (non-hydrogen) atoms. The molecule has 0 heterocycles. The predicted octanol–water partition coefficient (Wildman–Crippen LogP) is 2.27. The van der Waals surface area contributed by atoms with Gasteiger partial charge < -0.3 is 8.23 Å². The molecule has 1 aromatic rings. The minimum atomic E-state index is -2.96. The third-order valence-corrected chi connectivity index (χ3v) is 12.0. The molecule has 0 aliphatic carbocycles. The first-order valence-corrected chi connectivity index (χ1v) is 16.1. The lowest BCUT2D eigenvalue weighted by Crippen LogP contribution is -2.53. The topological polar surface area (TPSA) is 36.9 Å². The van der Waals surface area contributed by atoms with Crippen LogP contribution in [0.3, 0.4) is 0 Å². The van der Waals surface area contributed by atoms with Crippen LogP contribution in [0.5, 0.6) is 0 Å². The predicted molar refractivity (Wildman–Crippen MR) is 111 cm³/mol. The van der Waals surface area contributed by atoms with E-state index in [1.54, 1.807) is 0 Å². The monoisotopic (exact) mass is 398 g/mol. The van der Waals surface area contributed by atoms with Crippen LogP contribution in [0.2, 0.25) is 19.6 Å². The molecule has 0 aliphatic rings. The highest BCUT2D eigenvalue weighted by atomic mass is 28.5. The van der Waals surface area contributed by atoms with Crippen LogP contribution >= 0.6 is 0 Å². The molecule has 0 aromatic heterocycles. The average molecular weight is 399 g/mol. The van der Waals surface area contributed by atoms with E-state index < -0.39 is 36.6 Å². The summed E-state index contributed by atoms with van der Waals surface area (Å²) < 4.78 is 24.0. The SMILES string of the molecule is CC=C[Si](OO[SiH2]C=C(C)C)(O[SiH2]c1ccccc1)O[Si](C)(C)C. The molecule has 4 nitrogen and oxygen atoms in total. The molecule has 1 rings (SSSR count). The van der Waals surface area contributed by atoms with E-state index in [9.17, 15) is 0 Å². The first-order chi connectivity index (χ1) is 11.3. The Labute approximate surface area is 153 Å². The van der Waals surface area contributed by atoms with E-state index in [1.807, 2.05) is 36.9 Å². The normalized spacial score (nSPS) is 15.6. The Morgan fingerprint density at radius 2 is 1.75 bits per heavy atom. The van der Waals surface area contributed by atoms with Gasteiger partial charge in [-0.15, -0.1) is 0 Å².